The second-order valence-corrected chi connectivity index (χ2v) is 8.41. The molecule has 0 spiro atoms. The molecule has 22 heavy (non-hydrogen) atoms. The molecular weight excluding hydrogens is 366 g/mol. The summed E-state index contributed by atoms with van der Waals surface area (Å²) in [6.45, 7) is 6.05. The lowest BCUT2D eigenvalue weighted by Gasteiger charge is -2.39. The van der Waals surface area contributed by atoms with E-state index in [4.69, 9.17) is 11.6 Å². The minimum absolute atomic E-state index is 0.123. The molecule has 0 aromatic heterocycles. The third-order valence-electron chi connectivity index (χ3n) is 6.25. The van der Waals surface area contributed by atoms with Crippen LogP contribution in [0.25, 0.3) is 0 Å². The van der Waals surface area contributed by atoms with Crippen LogP contribution in [0.3, 0.4) is 0 Å². The molecule has 3 rings (SSSR count). The van der Waals surface area contributed by atoms with Crippen LogP contribution in [-0.2, 0) is 9.59 Å². The largest absolute Gasteiger partial charge is 0.324 e. The molecule has 2 fully saturated rings. The normalized spacial score (nSPS) is 35.7. The molecule has 2 bridgehead atoms. The number of fused-ring (bicyclic) bond motifs is 2. The van der Waals surface area contributed by atoms with Crippen molar-refractivity contribution in [2.75, 3.05) is 5.32 Å². The van der Waals surface area contributed by atoms with E-state index in [1.165, 1.54) is 0 Å². The highest BCUT2D eigenvalue weighted by Gasteiger charge is 2.76. The Labute approximate surface area is 143 Å². The van der Waals surface area contributed by atoms with Gasteiger partial charge in [-0.15, -0.1) is 0 Å². The van der Waals surface area contributed by atoms with Gasteiger partial charge in [-0.1, -0.05) is 60.4 Å². The Bertz CT molecular complexity index is 674. The van der Waals surface area contributed by atoms with Gasteiger partial charge in [0, 0.05) is 5.41 Å². The van der Waals surface area contributed by atoms with E-state index in [0.717, 1.165) is 6.42 Å². The summed E-state index contributed by atoms with van der Waals surface area (Å²) >= 11 is 9.66. The maximum absolute atomic E-state index is 13.1. The Hall–Kier alpha value is -0.870. The molecule has 0 radical (unpaired) electrons. The van der Waals surface area contributed by atoms with Crippen LogP contribution in [0, 0.1) is 16.2 Å². The highest BCUT2D eigenvalue weighted by Crippen LogP contribution is 2.72. The molecule has 1 amide bonds. The van der Waals surface area contributed by atoms with Gasteiger partial charge in [0.15, 0.2) is 5.78 Å². The minimum Gasteiger partial charge on any atom is -0.324 e. The Morgan fingerprint density at radius 3 is 2.45 bits per heavy atom. The quantitative estimate of drug-likeness (QED) is 0.766. The standard InChI is InChI=1S/C17H19BrClNO2/c1-15(2)16(3)8-9-17(15,12(18)13(16)21)14(22)20-11-7-5-4-6-10(11)19/h4-7,12H,8-9H2,1-3H3,(H,20,22)/t12-,16+,17-/m0/s1. The predicted molar refractivity (Wildman–Crippen MR) is 91.4 cm³/mol. The van der Waals surface area contributed by atoms with Gasteiger partial charge < -0.3 is 5.32 Å². The number of hydrogen-bond donors (Lipinski definition) is 1. The summed E-state index contributed by atoms with van der Waals surface area (Å²) < 4.78 is 0. The maximum atomic E-state index is 13.1. The van der Waals surface area contributed by atoms with Crippen LogP contribution in [-0.4, -0.2) is 16.5 Å². The van der Waals surface area contributed by atoms with Crippen molar-refractivity contribution in [1.29, 1.82) is 0 Å². The molecule has 0 unspecified atom stereocenters. The molecule has 1 N–H and O–H groups in total. The lowest BCUT2D eigenvalue weighted by atomic mass is 9.64. The van der Waals surface area contributed by atoms with Gasteiger partial charge in [0.25, 0.3) is 0 Å². The van der Waals surface area contributed by atoms with Gasteiger partial charge in [0.2, 0.25) is 5.91 Å². The first kappa shape index (κ1) is 16.0. The van der Waals surface area contributed by atoms with Gasteiger partial charge in [-0.3, -0.25) is 9.59 Å². The first-order valence-corrected chi connectivity index (χ1v) is 8.72. The number of halogens is 2. The van der Waals surface area contributed by atoms with Gasteiger partial charge in [-0.05, 0) is 30.4 Å². The van der Waals surface area contributed by atoms with E-state index in [2.05, 4.69) is 21.2 Å². The zero-order chi connectivity index (χ0) is 16.3. The van der Waals surface area contributed by atoms with Crippen molar-refractivity contribution in [1.82, 2.24) is 0 Å². The fourth-order valence-electron chi connectivity index (χ4n) is 4.25. The molecule has 2 saturated carbocycles. The Morgan fingerprint density at radius 1 is 1.27 bits per heavy atom. The monoisotopic (exact) mass is 383 g/mol. The number of nitrogens with one attached hydrogen (secondary N) is 1. The van der Waals surface area contributed by atoms with Crippen LogP contribution in [0.5, 0.6) is 0 Å². The third-order valence-corrected chi connectivity index (χ3v) is 7.77. The molecule has 1 aromatic rings. The molecule has 2 aliphatic carbocycles. The second kappa shape index (κ2) is 4.81. The van der Waals surface area contributed by atoms with Crippen LogP contribution >= 0.6 is 27.5 Å². The summed E-state index contributed by atoms with van der Waals surface area (Å²) in [4.78, 5) is 25.3. The van der Waals surface area contributed by atoms with Gasteiger partial charge in [0.1, 0.15) is 0 Å². The minimum atomic E-state index is -0.738. The van der Waals surface area contributed by atoms with Crippen LogP contribution < -0.4 is 5.32 Å². The molecule has 0 saturated heterocycles. The molecule has 2 aliphatic rings. The van der Waals surface area contributed by atoms with Crippen molar-refractivity contribution < 1.29 is 9.59 Å². The number of para-hydroxylation sites is 1. The highest BCUT2D eigenvalue weighted by atomic mass is 79.9. The van der Waals surface area contributed by atoms with Crippen molar-refractivity contribution in [2.45, 2.75) is 38.4 Å². The van der Waals surface area contributed by atoms with E-state index >= 15 is 0 Å². The summed E-state index contributed by atoms with van der Waals surface area (Å²) in [6.07, 6.45) is 1.45. The number of amides is 1. The number of hydrogen-bond acceptors (Lipinski definition) is 2. The zero-order valence-electron chi connectivity index (χ0n) is 12.9. The van der Waals surface area contributed by atoms with Crippen molar-refractivity contribution in [2.24, 2.45) is 16.2 Å². The highest BCUT2D eigenvalue weighted by molar-refractivity contribution is 9.10. The molecule has 3 nitrogen and oxygen atoms in total. The molecule has 5 heteroatoms. The van der Waals surface area contributed by atoms with Gasteiger partial charge in [0.05, 0.1) is 21.0 Å². The third kappa shape index (κ3) is 1.68. The average Bonchev–Trinajstić information content (AvgIpc) is 2.74. The van der Waals surface area contributed by atoms with Crippen LogP contribution in [0.15, 0.2) is 24.3 Å². The first-order chi connectivity index (χ1) is 10.2. The lowest BCUT2D eigenvalue weighted by Crippen LogP contribution is -2.48. The van der Waals surface area contributed by atoms with Crippen molar-refractivity contribution in [3.63, 3.8) is 0 Å². The van der Waals surface area contributed by atoms with Gasteiger partial charge in [-0.25, -0.2) is 0 Å². The van der Waals surface area contributed by atoms with Gasteiger partial charge in [-0.2, -0.15) is 0 Å². The summed E-state index contributed by atoms with van der Waals surface area (Å²) in [7, 11) is 0. The van der Waals surface area contributed by atoms with Crippen molar-refractivity contribution in [3.8, 4) is 0 Å². The van der Waals surface area contributed by atoms with E-state index in [1.54, 1.807) is 12.1 Å². The number of Topliss-reactive ketones (excluding diaryl/α,β-unsaturated/α-hetero) is 1. The smallest absolute Gasteiger partial charge is 0.232 e. The second-order valence-electron chi connectivity index (χ2n) is 7.09. The van der Waals surface area contributed by atoms with Crippen molar-refractivity contribution >= 4 is 44.9 Å². The Morgan fingerprint density at radius 2 is 1.91 bits per heavy atom. The zero-order valence-corrected chi connectivity index (χ0v) is 15.2. The number of carbonyl (C=O) groups is 2. The molecule has 118 valence electrons. The van der Waals surface area contributed by atoms with Crippen LogP contribution in [0.1, 0.15) is 33.6 Å². The number of rotatable bonds is 2. The lowest BCUT2D eigenvalue weighted by molar-refractivity contribution is -0.130. The summed E-state index contributed by atoms with van der Waals surface area (Å²) in [6, 6.07) is 7.16. The van der Waals surface area contributed by atoms with Crippen molar-refractivity contribution in [3.05, 3.63) is 29.3 Å². The Balaban J connectivity index is 2.02. The van der Waals surface area contributed by atoms with E-state index in [-0.39, 0.29) is 11.7 Å². The Kier molecular flexibility index (Phi) is 3.50. The fourth-order valence-corrected chi connectivity index (χ4v) is 5.95. The first-order valence-electron chi connectivity index (χ1n) is 7.43. The number of anilines is 1. The maximum Gasteiger partial charge on any atom is 0.232 e. The average molecular weight is 385 g/mol. The van der Waals surface area contributed by atoms with E-state index in [1.807, 2.05) is 32.9 Å². The number of ketones is 1. The number of benzene rings is 1. The van der Waals surface area contributed by atoms with Crippen LogP contribution in [0.4, 0.5) is 5.69 Å². The summed E-state index contributed by atoms with van der Waals surface area (Å²) in [5.41, 5.74) is -1.01. The number of carbonyl (C=O) groups excluding carboxylic acids is 2. The molecule has 3 atom stereocenters. The SMILES string of the molecule is CC1(C)[C@]2(C)CC[C@@]1(C(=O)Nc1ccccc1Cl)[C@@H](Br)C2=O. The fraction of sp³-hybridized carbons (Fsp3) is 0.529. The topological polar surface area (TPSA) is 46.2 Å². The number of alkyl halides is 1. The van der Waals surface area contributed by atoms with Gasteiger partial charge >= 0.3 is 0 Å². The molecule has 1 aromatic carbocycles. The van der Waals surface area contributed by atoms with E-state index in [9.17, 15) is 9.59 Å². The van der Waals surface area contributed by atoms with E-state index in [0.29, 0.717) is 17.1 Å². The molecular formula is C17H19BrClNO2. The summed E-state index contributed by atoms with van der Waals surface area (Å²) in [5, 5.41) is 3.44. The predicted octanol–water partition coefficient (Wildman–Crippen LogP) is 4.44. The van der Waals surface area contributed by atoms with Crippen LogP contribution in [0.2, 0.25) is 5.02 Å². The summed E-state index contributed by atoms with van der Waals surface area (Å²) in [5.74, 6) is 0.0140. The molecule has 0 heterocycles. The molecule has 0 aliphatic heterocycles. The van der Waals surface area contributed by atoms with E-state index < -0.39 is 21.1 Å².